The zero-order valence-corrected chi connectivity index (χ0v) is 9.69. The number of nitrogens with one attached hydrogen (secondary N) is 1. The fourth-order valence-electron chi connectivity index (χ4n) is 1.85. The van der Waals surface area contributed by atoms with Gasteiger partial charge >= 0.3 is 0 Å². The third kappa shape index (κ3) is 3.15. The van der Waals surface area contributed by atoms with E-state index in [1.54, 1.807) is 0 Å². The Kier molecular flexibility index (Phi) is 3.89. The van der Waals surface area contributed by atoms with Gasteiger partial charge in [-0.25, -0.2) is 4.39 Å². The van der Waals surface area contributed by atoms with Crippen LogP contribution in [0.25, 0.3) is 0 Å². The van der Waals surface area contributed by atoms with E-state index in [9.17, 15) is 4.39 Å². The first-order chi connectivity index (χ1) is 8.29. The number of nitrogens with zero attached hydrogens (tertiary/aromatic N) is 4. The summed E-state index contributed by atoms with van der Waals surface area (Å²) in [6, 6.07) is 0. The van der Waals surface area contributed by atoms with Gasteiger partial charge in [-0.2, -0.15) is 15.0 Å². The van der Waals surface area contributed by atoms with Crippen LogP contribution in [-0.4, -0.2) is 41.3 Å². The molecule has 0 saturated carbocycles. The molecule has 1 aliphatic heterocycles. The molecule has 0 spiro atoms. The summed E-state index contributed by atoms with van der Waals surface area (Å²) in [4.78, 5) is 14.4. The molecular formula is C10H17FN6. The summed E-state index contributed by atoms with van der Waals surface area (Å²) in [5.74, 6) is 1.09. The third-order valence-corrected chi connectivity index (χ3v) is 2.66. The molecule has 0 amide bonds. The Bertz CT molecular complexity index is 366. The van der Waals surface area contributed by atoms with Crippen LogP contribution in [0.15, 0.2) is 0 Å². The molecule has 0 atom stereocenters. The van der Waals surface area contributed by atoms with E-state index in [1.165, 1.54) is 6.42 Å². The minimum Gasteiger partial charge on any atom is -0.368 e. The average Bonchev–Trinajstić information content (AvgIpc) is 2.37. The number of rotatable bonds is 4. The molecule has 7 heteroatoms. The lowest BCUT2D eigenvalue weighted by molar-refractivity contribution is 0.511. The number of nitrogen functional groups attached to an aromatic ring is 1. The number of piperidine rings is 1. The summed E-state index contributed by atoms with van der Waals surface area (Å²) >= 11 is 0. The Labute approximate surface area is 99.5 Å². The molecule has 0 unspecified atom stereocenters. The van der Waals surface area contributed by atoms with Crippen LogP contribution in [0.5, 0.6) is 0 Å². The highest BCUT2D eigenvalue weighted by atomic mass is 19.1. The molecule has 94 valence electrons. The van der Waals surface area contributed by atoms with Gasteiger partial charge in [-0.1, -0.05) is 0 Å². The van der Waals surface area contributed by atoms with Crippen LogP contribution in [0.1, 0.15) is 19.3 Å². The van der Waals surface area contributed by atoms with Gasteiger partial charge in [0.15, 0.2) is 0 Å². The fraction of sp³-hybridized carbons (Fsp3) is 0.700. The summed E-state index contributed by atoms with van der Waals surface area (Å²) in [6.07, 6.45) is 3.52. The number of hydrogen-bond acceptors (Lipinski definition) is 6. The topological polar surface area (TPSA) is 80.0 Å². The second kappa shape index (κ2) is 5.60. The van der Waals surface area contributed by atoms with Gasteiger partial charge < -0.3 is 16.0 Å². The minimum atomic E-state index is -0.468. The first kappa shape index (κ1) is 11.8. The van der Waals surface area contributed by atoms with Crippen molar-refractivity contribution in [1.82, 2.24) is 15.0 Å². The Hall–Kier alpha value is -1.66. The standard InChI is InChI=1S/C10H17FN6/c11-4-5-13-9-14-8(12)15-10(16-9)17-6-2-1-3-7-17/h1-7H2,(H3,12,13,14,15,16). The first-order valence-electron chi connectivity index (χ1n) is 5.86. The molecule has 2 heterocycles. The number of hydrogen-bond donors (Lipinski definition) is 2. The molecule has 0 radical (unpaired) electrons. The van der Waals surface area contributed by atoms with E-state index in [2.05, 4.69) is 25.2 Å². The van der Waals surface area contributed by atoms with Crippen molar-refractivity contribution in [3.05, 3.63) is 0 Å². The van der Waals surface area contributed by atoms with Crippen molar-refractivity contribution < 1.29 is 4.39 Å². The van der Waals surface area contributed by atoms with Gasteiger partial charge in [0, 0.05) is 19.6 Å². The molecular weight excluding hydrogens is 223 g/mol. The van der Waals surface area contributed by atoms with Crippen LogP contribution < -0.4 is 16.0 Å². The van der Waals surface area contributed by atoms with Crippen LogP contribution in [0, 0.1) is 0 Å². The SMILES string of the molecule is Nc1nc(NCCF)nc(N2CCCCC2)n1. The highest BCUT2D eigenvalue weighted by Crippen LogP contribution is 2.17. The molecule has 1 aromatic rings. The van der Waals surface area contributed by atoms with Crippen LogP contribution in [0.4, 0.5) is 22.2 Å². The number of halogens is 1. The Morgan fingerprint density at radius 3 is 2.65 bits per heavy atom. The monoisotopic (exact) mass is 240 g/mol. The molecule has 1 saturated heterocycles. The van der Waals surface area contributed by atoms with E-state index in [1.807, 2.05) is 0 Å². The van der Waals surface area contributed by atoms with Crippen molar-refractivity contribution in [2.75, 3.05) is 42.3 Å². The molecule has 1 fully saturated rings. The van der Waals surface area contributed by atoms with Gasteiger partial charge in [0.05, 0.1) is 0 Å². The molecule has 0 aliphatic carbocycles. The Balaban J connectivity index is 2.12. The van der Waals surface area contributed by atoms with E-state index in [0.29, 0.717) is 11.9 Å². The second-order valence-electron chi connectivity index (χ2n) is 3.98. The van der Waals surface area contributed by atoms with Gasteiger partial charge in [-0.3, -0.25) is 0 Å². The van der Waals surface area contributed by atoms with E-state index in [0.717, 1.165) is 25.9 Å². The number of nitrogens with two attached hydrogens (primary N) is 1. The molecule has 1 aliphatic rings. The van der Waals surface area contributed by atoms with E-state index >= 15 is 0 Å². The van der Waals surface area contributed by atoms with Crippen LogP contribution in [0.2, 0.25) is 0 Å². The summed E-state index contributed by atoms with van der Waals surface area (Å²) in [6.45, 7) is 1.59. The lowest BCUT2D eigenvalue weighted by Gasteiger charge is -2.26. The molecule has 1 aromatic heterocycles. The lowest BCUT2D eigenvalue weighted by Crippen LogP contribution is -2.31. The quantitative estimate of drug-likeness (QED) is 0.811. The van der Waals surface area contributed by atoms with Gasteiger partial charge in [-0.05, 0) is 19.3 Å². The van der Waals surface area contributed by atoms with Crippen molar-refractivity contribution in [2.45, 2.75) is 19.3 Å². The maximum atomic E-state index is 12.1. The van der Waals surface area contributed by atoms with Gasteiger partial charge in [-0.15, -0.1) is 0 Å². The number of alkyl halides is 1. The largest absolute Gasteiger partial charge is 0.368 e. The maximum Gasteiger partial charge on any atom is 0.231 e. The van der Waals surface area contributed by atoms with E-state index in [-0.39, 0.29) is 12.5 Å². The van der Waals surface area contributed by atoms with Gasteiger partial charge in [0.1, 0.15) is 6.67 Å². The van der Waals surface area contributed by atoms with Gasteiger partial charge in [0.25, 0.3) is 0 Å². The highest BCUT2D eigenvalue weighted by molar-refractivity contribution is 5.42. The number of aromatic nitrogens is 3. The third-order valence-electron chi connectivity index (χ3n) is 2.66. The zero-order chi connectivity index (χ0) is 12.1. The zero-order valence-electron chi connectivity index (χ0n) is 9.69. The second-order valence-corrected chi connectivity index (χ2v) is 3.98. The predicted octanol–water partition coefficient (Wildman–Crippen LogP) is 0.825. The van der Waals surface area contributed by atoms with Crippen molar-refractivity contribution in [2.24, 2.45) is 0 Å². The van der Waals surface area contributed by atoms with Crippen LogP contribution >= 0.6 is 0 Å². The summed E-state index contributed by atoms with van der Waals surface area (Å²) in [7, 11) is 0. The van der Waals surface area contributed by atoms with Gasteiger partial charge in [0.2, 0.25) is 17.8 Å². The van der Waals surface area contributed by atoms with Crippen molar-refractivity contribution >= 4 is 17.8 Å². The normalized spacial score (nSPS) is 15.9. The Morgan fingerprint density at radius 2 is 1.94 bits per heavy atom. The highest BCUT2D eigenvalue weighted by Gasteiger charge is 2.15. The van der Waals surface area contributed by atoms with Crippen LogP contribution in [-0.2, 0) is 0 Å². The molecule has 0 aromatic carbocycles. The van der Waals surface area contributed by atoms with Crippen LogP contribution in [0.3, 0.4) is 0 Å². The minimum absolute atomic E-state index is 0.168. The summed E-state index contributed by atoms with van der Waals surface area (Å²) in [5, 5.41) is 2.77. The molecule has 6 nitrogen and oxygen atoms in total. The van der Waals surface area contributed by atoms with Crippen molar-refractivity contribution in [3.63, 3.8) is 0 Å². The first-order valence-corrected chi connectivity index (χ1v) is 5.86. The molecule has 17 heavy (non-hydrogen) atoms. The average molecular weight is 240 g/mol. The molecule has 0 bridgehead atoms. The summed E-state index contributed by atoms with van der Waals surface area (Å²) < 4.78 is 12.1. The smallest absolute Gasteiger partial charge is 0.231 e. The fourth-order valence-corrected chi connectivity index (χ4v) is 1.85. The number of anilines is 3. The van der Waals surface area contributed by atoms with Crippen molar-refractivity contribution in [3.8, 4) is 0 Å². The summed E-state index contributed by atoms with van der Waals surface area (Å²) in [5.41, 5.74) is 5.62. The predicted molar refractivity (Wildman–Crippen MR) is 64.8 cm³/mol. The van der Waals surface area contributed by atoms with Crippen molar-refractivity contribution in [1.29, 1.82) is 0 Å². The maximum absolute atomic E-state index is 12.1. The lowest BCUT2D eigenvalue weighted by atomic mass is 10.1. The molecule has 2 rings (SSSR count). The van der Waals surface area contributed by atoms with E-state index in [4.69, 9.17) is 5.73 Å². The Morgan fingerprint density at radius 1 is 1.18 bits per heavy atom. The molecule has 3 N–H and O–H groups in total. The van der Waals surface area contributed by atoms with E-state index < -0.39 is 6.67 Å².